The first-order valence-electron chi connectivity index (χ1n) is 8.17. The van der Waals surface area contributed by atoms with Gasteiger partial charge in [-0.25, -0.2) is 9.97 Å². The maximum Gasteiger partial charge on any atom is 0.213 e. The lowest BCUT2D eigenvalue weighted by atomic mass is 10.1. The molecular formula is C18H20Cl2N4O. The number of alkyl halides is 1. The van der Waals surface area contributed by atoms with E-state index in [1.54, 1.807) is 7.11 Å². The van der Waals surface area contributed by atoms with E-state index < -0.39 is 0 Å². The Labute approximate surface area is 156 Å². The lowest BCUT2D eigenvalue weighted by Crippen LogP contribution is -2.20. The molecule has 2 heterocycles. The van der Waals surface area contributed by atoms with Crippen molar-refractivity contribution in [3.05, 3.63) is 35.4 Å². The normalized spacial score (nSPS) is 11.2. The van der Waals surface area contributed by atoms with E-state index in [4.69, 9.17) is 27.9 Å². The Morgan fingerprint density at radius 1 is 1.04 bits per heavy atom. The standard InChI is InChI=1S/C18H20Cl2N4O/c1-25-16-6-5-14-18(24-16)17(22-9-2-8-21-10-7-19)13-4-3-12(20)11-15(13)23-14/h3-6,11,21H,2,7-10H2,1H3,(H,22,23). The molecule has 0 atom stereocenters. The molecule has 0 aliphatic rings. The summed E-state index contributed by atoms with van der Waals surface area (Å²) in [6.45, 7) is 2.54. The molecule has 7 heteroatoms. The van der Waals surface area contributed by atoms with Gasteiger partial charge in [0, 0.05) is 35.4 Å². The largest absolute Gasteiger partial charge is 0.481 e. The first kappa shape index (κ1) is 18.0. The second kappa shape index (κ2) is 8.52. The summed E-state index contributed by atoms with van der Waals surface area (Å²) in [5.74, 6) is 1.19. The number of halogens is 2. The maximum atomic E-state index is 6.13. The minimum Gasteiger partial charge on any atom is -0.481 e. The number of nitrogens with zero attached hydrogens (tertiary/aromatic N) is 2. The molecule has 132 valence electrons. The van der Waals surface area contributed by atoms with E-state index in [1.807, 2.05) is 30.3 Å². The fraction of sp³-hybridized carbons (Fsp3) is 0.333. The highest BCUT2D eigenvalue weighted by molar-refractivity contribution is 6.31. The number of hydrogen-bond acceptors (Lipinski definition) is 5. The van der Waals surface area contributed by atoms with Crippen LogP contribution in [-0.2, 0) is 0 Å². The summed E-state index contributed by atoms with van der Waals surface area (Å²) >= 11 is 11.8. The lowest BCUT2D eigenvalue weighted by Gasteiger charge is -2.13. The van der Waals surface area contributed by atoms with Crippen molar-refractivity contribution in [3.63, 3.8) is 0 Å². The topological polar surface area (TPSA) is 59.1 Å². The van der Waals surface area contributed by atoms with Crippen molar-refractivity contribution < 1.29 is 4.74 Å². The molecule has 0 saturated carbocycles. The molecule has 0 bridgehead atoms. The highest BCUT2D eigenvalue weighted by Gasteiger charge is 2.11. The fourth-order valence-electron chi connectivity index (χ4n) is 2.69. The zero-order chi connectivity index (χ0) is 17.6. The predicted molar refractivity (Wildman–Crippen MR) is 105 cm³/mol. The number of benzene rings is 1. The molecule has 3 rings (SSSR count). The lowest BCUT2D eigenvalue weighted by molar-refractivity contribution is 0.399. The van der Waals surface area contributed by atoms with Crippen LogP contribution in [0.1, 0.15) is 6.42 Å². The van der Waals surface area contributed by atoms with E-state index in [0.717, 1.165) is 53.7 Å². The molecule has 2 N–H and O–H groups in total. The number of nitrogens with one attached hydrogen (secondary N) is 2. The van der Waals surface area contributed by atoms with Gasteiger partial charge in [0.1, 0.15) is 5.52 Å². The van der Waals surface area contributed by atoms with E-state index in [1.165, 1.54) is 0 Å². The molecule has 0 aliphatic carbocycles. The number of aromatic nitrogens is 2. The molecule has 0 fully saturated rings. The van der Waals surface area contributed by atoms with Crippen molar-refractivity contribution in [1.29, 1.82) is 0 Å². The molecule has 5 nitrogen and oxygen atoms in total. The van der Waals surface area contributed by atoms with E-state index in [9.17, 15) is 0 Å². The summed E-state index contributed by atoms with van der Waals surface area (Å²) in [7, 11) is 1.61. The van der Waals surface area contributed by atoms with Crippen molar-refractivity contribution in [2.75, 3.05) is 37.9 Å². The van der Waals surface area contributed by atoms with Crippen LogP contribution in [0.4, 0.5) is 5.69 Å². The minimum absolute atomic E-state index is 0.564. The van der Waals surface area contributed by atoms with E-state index in [2.05, 4.69) is 20.6 Å². The average Bonchev–Trinajstić information content (AvgIpc) is 2.63. The van der Waals surface area contributed by atoms with Crippen LogP contribution in [0.15, 0.2) is 30.3 Å². The van der Waals surface area contributed by atoms with Crippen LogP contribution in [0.5, 0.6) is 5.88 Å². The summed E-state index contributed by atoms with van der Waals surface area (Å²) in [6.07, 6.45) is 0.972. The molecule has 0 unspecified atom stereocenters. The van der Waals surface area contributed by atoms with Gasteiger partial charge in [-0.15, -0.1) is 11.6 Å². The van der Waals surface area contributed by atoms with Crippen molar-refractivity contribution in [2.24, 2.45) is 0 Å². The Hall–Kier alpha value is -1.82. The summed E-state index contributed by atoms with van der Waals surface area (Å²) in [6, 6.07) is 9.43. The number of pyridine rings is 2. The Morgan fingerprint density at radius 2 is 1.92 bits per heavy atom. The van der Waals surface area contributed by atoms with Crippen LogP contribution in [0.2, 0.25) is 5.02 Å². The molecule has 2 aromatic heterocycles. The monoisotopic (exact) mass is 378 g/mol. The Balaban J connectivity index is 1.95. The van der Waals surface area contributed by atoms with Gasteiger partial charge in [0.15, 0.2) is 0 Å². The van der Waals surface area contributed by atoms with Crippen molar-refractivity contribution >= 4 is 50.8 Å². The third-order valence-corrected chi connectivity index (χ3v) is 4.29. The molecule has 0 amide bonds. The van der Waals surface area contributed by atoms with Gasteiger partial charge in [0.05, 0.1) is 23.8 Å². The Morgan fingerprint density at radius 3 is 2.72 bits per heavy atom. The second-order valence-corrected chi connectivity index (χ2v) is 6.40. The quantitative estimate of drug-likeness (QED) is 0.351. The summed E-state index contributed by atoms with van der Waals surface area (Å²) in [5.41, 5.74) is 3.39. The van der Waals surface area contributed by atoms with E-state index in [0.29, 0.717) is 16.8 Å². The fourth-order valence-corrected chi connectivity index (χ4v) is 2.99. The molecule has 0 spiro atoms. The average molecular weight is 379 g/mol. The number of fused-ring (bicyclic) bond motifs is 2. The van der Waals surface area contributed by atoms with Gasteiger partial charge in [-0.3, -0.25) is 0 Å². The summed E-state index contributed by atoms with van der Waals surface area (Å²) in [4.78, 5) is 9.26. The molecule has 0 aliphatic heterocycles. The van der Waals surface area contributed by atoms with Crippen LogP contribution >= 0.6 is 23.2 Å². The van der Waals surface area contributed by atoms with Gasteiger partial charge in [0.25, 0.3) is 0 Å². The second-order valence-electron chi connectivity index (χ2n) is 5.59. The highest BCUT2D eigenvalue weighted by Crippen LogP contribution is 2.32. The van der Waals surface area contributed by atoms with Crippen LogP contribution < -0.4 is 15.4 Å². The number of hydrogen-bond donors (Lipinski definition) is 2. The van der Waals surface area contributed by atoms with E-state index >= 15 is 0 Å². The number of anilines is 1. The molecule has 0 saturated heterocycles. The zero-order valence-electron chi connectivity index (χ0n) is 14.0. The Bertz CT molecular complexity index is 872. The van der Waals surface area contributed by atoms with Gasteiger partial charge in [-0.2, -0.15) is 0 Å². The van der Waals surface area contributed by atoms with Crippen LogP contribution in [-0.4, -0.2) is 42.6 Å². The summed E-state index contributed by atoms with van der Waals surface area (Å²) in [5, 5.41) is 8.44. The van der Waals surface area contributed by atoms with Gasteiger partial charge in [-0.05, 0) is 37.2 Å². The van der Waals surface area contributed by atoms with Gasteiger partial charge in [0.2, 0.25) is 5.88 Å². The molecule has 3 aromatic rings. The number of rotatable bonds is 8. The van der Waals surface area contributed by atoms with E-state index in [-0.39, 0.29) is 0 Å². The van der Waals surface area contributed by atoms with Crippen molar-refractivity contribution in [2.45, 2.75) is 6.42 Å². The molecule has 25 heavy (non-hydrogen) atoms. The molecular weight excluding hydrogens is 359 g/mol. The Kier molecular flexibility index (Phi) is 6.13. The number of methoxy groups -OCH3 is 1. The molecule has 0 radical (unpaired) electrons. The summed E-state index contributed by atoms with van der Waals surface area (Å²) < 4.78 is 5.27. The first-order valence-corrected chi connectivity index (χ1v) is 9.08. The van der Waals surface area contributed by atoms with Crippen LogP contribution in [0.25, 0.3) is 21.9 Å². The van der Waals surface area contributed by atoms with Crippen molar-refractivity contribution in [1.82, 2.24) is 15.3 Å². The minimum atomic E-state index is 0.564. The maximum absolute atomic E-state index is 6.13. The third kappa shape index (κ3) is 4.24. The van der Waals surface area contributed by atoms with Gasteiger partial charge >= 0.3 is 0 Å². The van der Waals surface area contributed by atoms with Gasteiger partial charge in [-0.1, -0.05) is 11.6 Å². The highest BCUT2D eigenvalue weighted by atomic mass is 35.5. The van der Waals surface area contributed by atoms with Crippen molar-refractivity contribution in [3.8, 4) is 5.88 Å². The van der Waals surface area contributed by atoms with Crippen LogP contribution in [0, 0.1) is 0 Å². The SMILES string of the molecule is COc1ccc2nc3cc(Cl)ccc3c(NCCCNCCCl)c2n1. The number of ether oxygens (including phenoxy) is 1. The first-order chi connectivity index (χ1) is 12.2. The molecule has 1 aromatic carbocycles. The van der Waals surface area contributed by atoms with Gasteiger partial charge < -0.3 is 15.4 Å². The third-order valence-electron chi connectivity index (χ3n) is 3.87. The van der Waals surface area contributed by atoms with Crippen LogP contribution in [0.3, 0.4) is 0 Å². The smallest absolute Gasteiger partial charge is 0.213 e. The zero-order valence-corrected chi connectivity index (χ0v) is 15.5. The predicted octanol–water partition coefficient (Wildman–Crippen LogP) is 4.08.